The van der Waals surface area contributed by atoms with Gasteiger partial charge in [-0.3, -0.25) is 4.79 Å². The number of carbonyl (C=O) groups excluding carboxylic acids is 1. The van der Waals surface area contributed by atoms with E-state index in [1.807, 2.05) is 30.3 Å². The first-order chi connectivity index (χ1) is 11.7. The Morgan fingerprint density at radius 3 is 2.67 bits per heavy atom. The molecule has 2 aromatic carbocycles. The average Bonchev–Trinajstić information content (AvgIpc) is 3.06. The van der Waals surface area contributed by atoms with Crippen LogP contribution in [0.3, 0.4) is 0 Å². The highest BCUT2D eigenvalue weighted by atomic mass is 19.1. The summed E-state index contributed by atoms with van der Waals surface area (Å²) in [6.45, 7) is -0.111. The zero-order valence-electron chi connectivity index (χ0n) is 12.5. The number of rotatable bonds is 5. The summed E-state index contributed by atoms with van der Waals surface area (Å²) in [7, 11) is 0. The number of hydrogen-bond donors (Lipinski definition) is 1. The molecule has 1 heterocycles. The minimum Gasteiger partial charge on any atom is -0.271 e. The van der Waals surface area contributed by atoms with Gasteiger partial charge in [-0.2, -0.15) is 9.90 Å². The lowest BCUT2D eigenvalue weighted by Crippen LogP contribution is -2.24. The molecule has 0 aliphatic carbocycles. The molecule has 8 heteroatoms. The van der Waals surface area contributed by atoms with Crippen molar-refractivity contribution in [2.75, 3.05) is 0 Å². The molecule has 0 atom stereocenters. The van der Waals surface area contributed by atoms with Gasteiger partial charge in [0.15, 0.2) is 0 Å². The van der Waals surface area contributed by atoms with Crippen LogP contribution in [-0.2, 0) is 11.3 Å². The van der Waals surface area contributed by atoms with Crippen molar-refractivity contribution in [3.8, 4) is 11.4 Å². The fraction of sp³-hybridized carbons (Fsp3) is 0.0625. The van der Waals surface area contributed by atoms with Crippen molar-refractivity contribution in [1.29, 1.82) is 0 Å². The van der Waals surface area contributed by atoms with E-state index in [1.165, 1.54) is 23.1 Å². The van der Waals surface area contributed by atoms with Crippen LogP contribution >= 0.6 is 0 Å². The van der Waals surface area contributed by atoms with Gasteiger partial charge in [0, 0.05) is 5.56 Å². The SMILES string of the molecule is O=C(Cn1nnc(-c2ccccc2)n1)N/N=C\c1ccc(F)cc1. The van der Waals surface area contributed by atoms with Crippen LogP contribution in [0, 0.1) is 5.82 Å². The molecule has 120 valence electrons. The molecule has 3 aromatic rings. The molecule has 0 radical (unpaired) electrons. The summed E-state index contributed by atoms with van der Waals surface area (Å²) in [4.78, 5) is 13.0. The number of benzene rings is 2. The highest BCUT2D eigenvalue weighted by Crippen LogP contribution is 2.11. The zero-order chi connectivity index (χ0) is 16.8. The van der Waals surface area contributed by atoms with Crippen molar-refractivity contribution < 1.29 is 9.18 Å². The van der Waals surface area contributed by atoms with Crippen LogP contribution in [-0.4, -0.2) is 32.3 Å². The van der Waals surface area contributed by atoms with Crippen LogP contribution < -0.4 is 5.43 Å². The van der Waals surface area contributed by atoms with E-state index in [4.69, 9.17) is 0 Å². The zero-order valence-corrected chi connectivity index (χ0v) is 12.5. The molecule has 0 saturated carbocycles. The van der Waals surface area contributed by atoms with Crippen LogP contribution in [0.15, 0.2) is 59.7 Å². The number of nitrogens with one attached hydrogen (secondary N) is 1. The van der Waals surface area contributed by atoms with E-state index in [0.29, 0.717) is 11.4 Å². The number of halogens is 1. The maximum absolute atomic E-state index is 12.8. The Morgan fingerprint density at radius 1 is 1.17 bits per heavy atom. The topological polar surface area (TPSA) is 85.1 Å². The van der Waals surface area contributed by atoms with E-state index in [1.54, 1.807) is 12.1 Å². The summed E-state index contributed by atoms with van der Waals surface area (Å²) in [5.74, 6) is -0.286. The Hall–Kier alpha value is -3.42. The Kier molecular flexibility index (Phi) is 4.66. The molecule has 0 fully saturated rings. The Balaban J connectivity index is 1.55. The van der Waals surface area contributed by atoms with Crippen LogP contribution in [0.1, 0.15) is 5.56 Å². The van der Waals surface area contributed by atoms with Crippen molar-refractivity contribution in [2.45, 2.75) is 6.54 Å². The third-order valence-corrected chi connectivity index (χ3v) is 3.04. The number of carbonyl (C=O) groups is 1. The highest BCUT2D eigenvalue weighted by molar-refractivity contribution is 5.82. The summed E-state index contributed by atoms with van der Waals surface area (Å²) in [5, 5.41) is 15.7. The van der Waals surface area contributed by atoms with Gasteiger partial charge >= 0.3 is 0 Å². The smallest absolute Gasteiger partial charge is 0.263 e. The maximum Gasteiger partial charge on any atom is 0.263 e. The number of hydrogen-bond acceptors (Lipinski definition) is 5. The number of nitrogens with zero attached hydrogens (tertiary/aromatic N) is 5. The van der Waals surface area contributed by atoms with Gasteiger partial charge in [-0.15, -0.1) is 10.2 Å². The van der Waals surface area contributed by atoms with Gasteiger partial charge < -0.3 is 0 Å². The van der Waals surface area contributed by atoms with Gasteiger partial charge in [0.05, 0.1) is 6.21 Å². The van der Waals surface area contributed by atoms with E-state index in [0.717, 1.165) is 5.56 Å². The number of hydrazone groups is 1. The lowest BCUT2D eigenvalue weighted by Gasteiger charge is -1.98. The minimum absolute atomic E-state index is 0.111. The van der Waals surface area contributed by atoms with Gasteiger partial charge in [0.1, 0.15) is 12.4 Å². The third-order valence-electron chi connectivity index (χ3n) is 3.04. The fourth-order valence-corrected chi connectivity index (χ4v) is 1.90. The van der Waals surface area contributed by atoms with Crippen molar-refractivity contribution in [1.82, 2.24) is 25.6 Å². The van der Waals surface area contributed by atoms with E-state index >= 15 is 0 Å². The lowest BCUT2D eigenvalue weighted by atomic mass is 10.2. The molecule has 0 saturated heterocycles. The fourth-order valence-electron chi connectivity index (χ4n) is 1.90. The molecular weight excluding hydrogens is 311 g/mol. The summed E-state index contributed by atoms with van der Waals surface area (Å²) in [6, 6.07) is 15.1. The van der Waals surface area contributed by atoms with Crippen molar-refractivity contribution in [2.24, 2.45) is 5.10 Å². The monoisotopic (exact) mass is 324 g/mol. The van der Waals surface area contributed by atoms with Crippen LogP contribution in [0.2, 0.25) is 0 Å². The van der Waals surface area contributed by atoms with Gasteiger partial charge in [-0.25, -0.2) is 9.82 Å². The first-order valence-electron chi connectivity index (χ1n) is 7.11. The highest BCUT2D eigenvalue weighted by Gasteiger charge is 2.08. The molecule has 0 aliphatic heterocycles. The number of aromatic nitrogens is 4. The molecule has 0 bridgehead atoms. The standard InChI is InChI=1S/C16H13FN6O/c17-14-8-6-12(7-9-14)10-18-19-15(24)11-23-21-16(20-22-23)13-4-2-1-3-5-13/h1-10H,11H2,(H,19,24)/b18-10-. The number of tetrazole rings is 1. The summed E-state index contributed by atoms with van der Waals surface area (Å²) < 4.78 is 12.8. The normalized spacial score (nSPS) is 10.9. The Bertz CT molecular complexity index is 845. The predicted molar refractivity (Wildman–Crippen MR) is 85.4 cm³/mol. The molecule has 7 nitrogen and oxygen atoms in total. The van der Waals surface area contributed by atoms with Gasteiger partial charge in [0.25, 0.3) is 5.91 Å². The van der Waals surface area contributed by atoms with Crippen molar-refractivity contribution in [3.63, 3.8) is 0 Å². The van der Waals surface area contributed by atoms with Crippen LogP contribution in [0.5, 0.6) is 0 Å². The molecule has 1 N–H and O–H groups in total. The summed E-state index contributed by atoms with van der Waals surface area (Å²) in [5.41, 5.74) is 3.84. The van der Waals surface area contributed by atoms with E-state index < -0.39 is 5.91 Å². The molecule has 1 aromatic heterocycles. The first-order valence-corrected chi connectivity index (χ1v) is 7.11. The molecule has 0 aliphatic rings. The van der Waals surface area contributed by atoms with Gasteiger partial charge in [-0.05, 0) is 22.9 Å². The second-order valence-corrected chi connectivity index (χ2v) is 4.85. The number of amides is 1. The summed E-state index contributed by atoms with van der Waals surface area (Å²) in [6.07, 6.45) is 1.42. The van der Waals surface area contributed by atoms with E-state index in [-0.39, 0.29) is 12.4 Å². The first kappa shape index (κ1) is 15.5. The molecule has 24 heavy (non-hydrogen) atoms. The van der Waals surface area contributed by atoms with Crippen molar-refractivity contribution in [3.05, 3.63) is 66.0 Å². The maximum atomic E-state index is 12.8. The average molecular weight is 324 g/mol. The third kappa shape index (κ3) is 4.07. The Labute approximate surface area is 136 Å². The van der Waals surface area contributed by atoms with Crippen molar-refractivity contribution >= 4 is 12.1 Å². The Morgan fingerprint density at radius 2 is 1.92 bits per heavy atom. The lowest BCUT2D eigenvalue weighted by molar-refractivity contribution is -0.122. The molecule has 1 amide bonds. The second kappa shape index (κ2) is 7.23. The largest absolute Gasteiger partial charge is 0.271 e. The summed E-state index contributed by atoms with van der Waals surface area (Å²) >= 11 is 0. The van der Waals surface area contributed by atoms with Crippen LogP contribution in [0.4, 0.5) is 4.39 Å². The van der Waals surface area contributed by atoms with Crippen LogP contribution in [0.25, 0.3) is 11.4 Å². The van der Waals surface area contributed by atoms with E-state index in [9.17, 15) is 9.18 Å². The molecule has 0 unspecified atom stereocenters. The van der Waals surface area contributed by atoms with Gasteiger partial charge in [-0.1, -0.05) is 42.5 Å². The van der Waals surface area contributed by atoms with E-state index in [2.05, 4.69) is 25.9 Å². The van der Waals surface area contributed by atoms with Gasteiger partial charge in [0.2, 0.25) is 5.82 Å². The molecule has 3 rings (SSSR count). The molecular formula is C16H13FN6O. The second-order valence-electron chi connectivity index (χ2n) is 4.85. The predicted octanol–water partition coefficient (Wildman–Crippen LogP) is 1.63. The molecule has 0 spiro atoms. The minimum atomic E-state index is -0.398. The quantitative estimate of drug-likeness (QED) is 0.571.